The van der Waals surface area contributed by atoms with Gasteiger partial charge in [0.2, 0.25) is 5.91 Å². The van der Waals surface area contributed by atoms with E-state index < -0.39 is 0 Å². The van der Waals surface area contributed by atoms with Crippen LogP contribution in [0.5, 0.6) is 0 Å². The Morgan fingerprint density at radius 2 is 1.25 bits per heavy atom. The second-order valence-electron chi connectivity index (χ2n) is 6.85. The molecular formula is C18H35NO. The van der Waals surface area contributed by atoms with Crippen LogP contribution in [0, 0.1) is 11.8 Å². The van der Waals surface area contributed by atoms with E-state index in [2.05, 4.69) is 19.2 Å². The van der Waals surface area contributed by atoms with Crippen LogP contribution in [0.2, 0.25) is 0 Å². The summed E-state index contributed by atoms with van der Waals surface area (Å²) in [4.78, 5) is 11.9. The van der Waals surface area contributed by atoms with Crippen molar-refractivity contribution in [1.82, 2.24) is 5.32 Å². The summed E-state index contributed by atoms with van der Waals surface area (Å²) in [7, 11) is 0. The lowest BCUT2D eigenvalue weighted by atomic mass is 9.95. The molecule has 0 bridgehead atoms. The largest absolute Gasteiger partial charge is 0.356 e. The molecule has 1 rings (SSSR count). The Kier molecular flexibility index (Phi) is 9.78. The van der Waals surface area contributed by atoms with Crippen LogP contribution in [0.4, 0.5) is 0 Å². The van der Waals surface area contributed by atoms with Gasteiger partial charge in [0.15, 0.2) is 0 Å². The predicted octanol–water partition coefficient (Wildman–Crippen LogP) is 5.07. The number of amides is 1. The second kappa shape index (κ2) is 11.2. The summed E-state index contributed by atoms with van der Waals surface area (Å²) in [6, 6.07) is 0. The molecule has 0 aromatic carbocycles. The van der Waals surface area contributed by atoms with E-state index in [0.29, 0.717) is 0 Å². The highest BCUT2D eigenvalue weighted by Gasteiger charge is 2.11. The Morgan fingerprint density at radius 1 is 0.750 bits per heavy atom. The van der Waals surface area contributed by atoms with E-state index in [9.17, 15) is 4.79 Å². The van der Waals surface area contributed by atoms with Gasteiger partial charge in [-0.2, -0.15) is 0 Å². The molecule has 0 spiro atoms. The van der Waals surface area contributed by atoms with Gasteiger partial charge in [0.1, 0.15) is 0 Å². The molecule has 0 saturated carbocycles. The van der Waals surface area contributed by atoms with Crippen molar-refractivity contribution in [2.24, 2.45) is 11.8 Å². The highest BCUT2D eigenvalue weighted by atomic mass is 16.1. The number of rotatable bonds is 0. The molecule has 20 heavy (non-hydrogen) atoms. The maximum absolute atomic E-state index is 11.9. The average molecular weight is 281 g/mol. The lowest BCUT2D eigenvalue weighted by Gasteiger charge is -2.12. The van der Waals surface area contributed by atoms with E-state index in [1.165, 1.54) is 64.2 Å². The number of nitrogens with one attached hydrogen (secondary N) is 1. The minimum absolute atomic E-state index is 0.199. The van der Waals surface area contributed by atoms with Crippen LogP contribution in [-0.4, -0.2) is 12.5 Å². The smallest absolute Gasteiger partial charge is 0.222 e. The lowest BCUT2D eigenvalue weighted by molar-refractivity contribution is -0.124. The first-order valence-corrected chi connectivity index (χ1v) is 8.98. The molecule has 1 fully saturated rings. The van der Waals surface area contributed by atoms with Gasteiger partial charge in [-0.15, -0.1) is 0 Å². The molecule has 1 heterocycles. The second-order valence-corrected chi connectivity index (χ2v) is 6.85. The fraction of sp³-hybridized carbons (Fsp3) is 0.944. The number of carbonyl (C=O) groups excluding carboxylic acids is 1. The topological polar surface area (TPSA) is 29.1 Å². The predicted molar refractivity (Wildman–Crippen MR) is 86.7 cm³/mol. The zero-order valence-corrected chi connectivity index (χ0v) is 13.8. The highest BCUT2D eigenvalue weighted by molar-refractivity contribution is 5.78. The SMILES string of the molecule is CC1CCCCCCCNC(=O)C(C)CCCCCC1. The van der Waals surface area contributed by atoms with E-state index >= 15 is 0 Å². The molecule has 1 saturated heterocycles. The summed E-state index contributed by atoms with van der Waals surface area (Å²) in [5.74, 6) is 1.38. The minimum Gasteiger partial charge on any atom is -0.356 e. The van der Waals surface area contributed by atoms with E-state index in [-0.39, 0.29) is 11.8 Å². The van der Waals surface area contributed by atoms with Crippen LogP contribution >= 0.6 is 0 Å². The van der Waals surface area contributed by atoms with Gasteiger partial charge in [0.05, 0.1) is 0 Å². The molecular weight excluding hydrogens is 246 g/mol. The summed E-state index contributed by atoms with van der Waals surface area (Å²) in [6.45, 7) is 5.37. The first-order chi connectivity index (χ1) is 9.70. The normalized spacial score (nSPS) is 29.4. The molecule has 2 heteroatoms. The summed E-state index contributed by atoms with van der Waals surface area (Å²) < 4.78 is 0. The average Bonchev–Trinajstić information content (AvgIpc) is 2.44. The Labute approximate surface area is 126 Å². The van der Waals surface area contributed by atoms with Crippen molar-refractivity contribution in [2.75, 3.05) is 6.54 Å². The summed E-state index contributed by atoms with van der Waals surface area (Å²) in [5, 5.41) is 3.09. The molecule has 1 aliphatic rings. The fourth-order valence-electron chi connectivity index (χ4n) is 3.11. The van der Waals surface area contributed by atoms with Gasteiger partial charge in [-0.25, -0.2) is 0 Å². The molecule has 0 aromatic rings. The maximum atomic E-state index is 11.9. The Morgan fingerprint density at radius 3 is 1.90 bits per heavy atom. The van der Waals surface area contributed by atoms with Crippen molar-refractivity contribution in [1.29, 1.82) is 0 Å². The molecule has 1 amide bonds. The zero-order chi connectivity index (χ0) is 14.6. The molecule has 1 aliphatic heterocycles. The summed E-state index contributed by atoms with van der Waals surface area (Å²) in [6.07, 6.45) is 15.6. The van der Waals surface area contributed by atoms with Gasteiger partial charge in [-0.3, -0.25) is 4.79 Å². The summed E-state index contributed by atoms with van der Waals surface area (Å²) in [5.41, 5.74) is 0. The maximum Gasteiger partial charge on any atom is 0.222 e. The molecule has 2 nitrogen and oxygen atoms in total. The van der Waals surface area contributed by atoms with Crippen molar-refractivity contribution in [3.8, 4) is 0 Å². The molecule has 0 aliphatic carbocycles. The van der Waals surface area contributed by atoms with Gasteiger partial charge in [0, 0.05) is 12.5 Å². The Hall–Kier alpha value is -0.530. The zero-order valence-electron chi connectivity index (χ0n) is 13.8. The highest BCUT2D eigenvalue weighted by Crippen LogP contribution is 2.19. The van der Waals surface area contributed by atoms with Crippen LogP contribution in [0.1, 0.15) is 90.9 Å². The third-order valence-electron chi connectivity index (χ3n) is 4.70. The molecule has 0 aromatic heterocycles. The van der Waals surface area contributed by atoms with Crippen LogP contribution in [-0.2, 0) is 4.79 Å². The Balaban J connectivity index is 2.28. The first kappa shape index (κ1) is 17.5. The third-order valence-corrected chi connectivity index (χ3v) is 4.70. The molecule has 1 N–H and O–H groups in total. The van der Waals surface area contributed by atoms with Gasteiger partial charge in [-0.05, 0) is 18.8 Å². The molecule has 2 unspecified atom stereocenters. The van der Waals surface area contributed by atoms with Gasteiger partial charge >= 0.3 is 0 Å². The van der Waals surface area contributed by atoms with E-state index in [0.717, 1.165) is 25.3 Å². The van der Waals surface area contributed by atoms with Crippen molar-refractivity contribution < 1.29 is 4.79 Å². The number of hydrogen-bond acceptors (Lipinski definition) is 1. The first-order valence-electron chi connectivity index (χ1n) is 8.98. The van der Waals surface area contributed by atoms with Crippen LogP contribution in [0.15, 0.2) is 0 Å². The molecule has 118 valence electrons. The summed E-state index contributed by atoms with van der Waals surface area (Å²) >= 11 is 0. The molecule has 0 radical (unpaired) electrons. The molecule has 2 atom stereocenters. The third kappa shape index (κ3) is 8.60. The quantitative estimate of drug-likeness (QED) is 0.660. The van der Waals surface area contributed by atoms with Crippen LogP contribution < -0.4 is 5.32 Å². The minimum atomic E-state index is 0.199. The fourth-order valence-corrected chi connectivity index (χ4v) is 3.11. The van der Waals surface area contributed by atoms with Crippen LogP contribution in [0.25, 0.3) is 0 Å². The number of carbonyl (C=O) groups is 1. The van der Waals surface area contributed by atoms with Crippen LogP contribution in [0.3, 0.4) is 0 Å². The van der Waals surface area contributed by atoms with Gasteiger partial charge in [0.25, 0.3) is 0 Å². The Bertz CT molecular complexity index is 252. The van der Waals surface area contributed by atoms with Crippen molar-refractivity contribution in [3.05, 3.63) is 0 Å². The van der Waals surface area contributed by atoms with Gasteiger partial charge in [-0.1, -0.05) is 78.1 Å². The standard InChI is InChI=1S/C18H35NO/c1-16-12-8-4-3-7-11-15-19-18(20)17(2)14-10-6-5-9-13-16/h16-17H,3-15H2,1-2H3,(H,19,20). The van der Waals surface area contributed by atoms with E-state index in [4.69, 9.17) is 0 Å². The van der Waals surface area contributed by atoms with E-state index in [1.807, 2.05) is 0 Å². The van der Waals surface area contributed by atoms with Crippen molar-refractivity contribution in [3.63, 3.8) is 0 Å². The van der Waals surface area contributed by atoms with Gasteiger partial charge < -0.3 is 5.32 Å². The van der Waals surface area contributed by atoms with E-state index in [1.54, 1.807) is 0 Å². The van der Waals surface area contributed by atoms with Crippen molar-refractivity contribution in [2.45, 2.75) is 90.9 Å². The monoisotopic (exact) mass is 281 g/mol. The number of hydrogen-bond donors (Lipinski definition) is 1. The lowest BCUT2D eigenvalue weighted by Crippen LogP contribution is -2.30. The van der Waals surface area contributed by atoms with Crippen molar-refractivity contribution >= 4 is 5.91 Å².